The van der Waals surface area contributed by atoms with Crippen molar-refractivity contribution in [3.8, 4) is 10.6 Å². The number of benzene rings is 1. The molecule has 0 saturated heterocycles. The Morgan fingerprint density at radius 2 is 1.84 bits per heavy atom. The van der Waals surface area contributed by atoms with Crippen molar-refractivity contribution in [2.75, 3.05) is 26.0 Å². The van der Waals surface area contributed by atoms with E-state index in [1.165, 1.54) is 0 Å². The number of rotatable bonds is 5. The molecule has 1 N–H and O–H groups in total. The number of nitrogens with zero attached hydrogens (tertiary/aromatic N) is 3. The third-order valence-electron chi connectivity index (χ3n) is 3.33. The summed E-state index contributed by atoms with van der Waals surface area (Å²) >= 11 is 1.59. The lowest BCUT2D eigenvalue weighted by Gasteiger charge is -2.32. The molecule has 0 radical (unpaired) electrons. The molecule has 0 unspecified atom stereocenters. The normalized spacial score (nSPS) is 11.8. The summed E-state index contributed by atoms with van der Waals surface area (Å²) in [6, 6.07) is 10.1. The van der Waals surface area contributed by atoms with Crippen molar-refractivity contribution in [1.82, 2.24) is 15.1 Å². The van der Waals surface area contributed by atoms with Gasteiger partial charge >= 0.3 is 0 Å². The first-order valence-electron chi connectivity index (χ1n) is 6.29. The summed E-state index contributed by atoms with van der Waals surface area (Å²) in [7, 11) is 4.16. The van der Waals surface area contributed by atoms with Gasteiger partial charge < -0.3 is 10.2 Å². The second kappa shape index (κ2) is 5.67. The van der Waals surface area contributed by atoms with Crippen LogP contribution in [0.15, 0.2) is 30.3 Å². The first-order chi connectivity index (χ1) is 8.99. The van der Waals surface area contributed by atoms with E-state index in [4.69, 9.17) is 0 Å². The molecule has 0 spiro atoms. The largest absolute Gasteiger partial charge is 0.358 e. The molecule has 0 aliphatic carbocycles. The third-order valence-corrected chi connectivity index (χ3v) is 4.26. The van der Waals surface area contributed by atoms with Crippen molar-refractivity contribution >= 4 is 16.5 Å². The number of likely N-dealkylation sites (N-methyl/N-ethyl adjacent to an activating group) is 1. The highest BCUT2D eigenvalue weighted by atomic mass is 32.1. The summed E-state index contributed by atoms with van der Waals surface area (Å²) in [4.78, 5) is 2.19. The van der Waals surface area contributed by atoms with E-state index >= 15 is 0 Å². The first kappa shape index (κ1) is 14.0. The smallest absolute Gasteiger partial charge is 0.206 e. The van der Waals surface area contributed by atoms with Crippen molar-refractivity contribution in [1.29, 1.82) is 0 Å². The van der Waals surface area contributed by atoms with Gasteiger partial charge in [-0.1, -0.05) is 41.7 Å². The average molecular weight is 276 g/mol. The van der Waals surface area contributed by atoms with Crippen LogP contribution in [0.2, 0.25) is 0 Å². The van der Waals surface area contributed by atoms with Gasteiger partial charge in [0.1, 0.15) is 5.01 Å². The van der Waals surface area contributed by atoms with Gasteiger partial charge in [0.15, 0.2) is 0 Å². The summed E-state index contributed by atoms with van der Waals surface area (Å²) in [6.45, 7) is 5.22. The summed E-state index contributed by atoms with van der Waals surface area (Å²) in [5.41, 5.74) is 1.19. The van der Waals surface area contributed by atoms with Crippen LogP contribution in [0.5, 0.6) is 0 Å². The highest BCUT2D eigenvalue weighted by molar-refractivity contribution is 7.18. The van der Waals surface area contributed by atoms with Crippen LogP contribution in [0.3, 0.4) is 0 Å². The molecule has 0 aliphatic rings. The molecule has 102 valence electrons. The van der Waals surface area contributed by atoms with E-state index in [0.717, 1.165) is 22.2 Å². The van der Waals surface area contributed by atoms with Gasteiger partial charge in [0.2, 0.25) is 5.13 Å². The average Bonchev–Trinajstić information content (AvgIpc) is 2.86. The van der Waals surface area contributed by atoms with Crippen LogP contribution >= 0.6 is 11.3 Å². The lowest BCUT2D eigenvalue weighted by molar-refractivity contribution is 0.210. The molecule has 1 heterocycles. The fourth-order valence-electron chi connectivity index (χ4n) is 1.44. The standard InChI is InChI=1S/C14H20N4S/c1-14(2,18(3)4)10-15-13-17-16-12(19-13)11-8-6-5-7-9-11/h5-9H,10H2,1-4H3,(H,15,17). The van der Waals surface area contributed by atoms with E-state index in [9.17, 15) is 0 Å². The number of aromatic nitrogens is 2. The Balaban J connectivity index is 2.03. The molecule has 19 heavy (non-hydrogen) atoms. The van der Waals surface area contributed by atoms with Crippen LogP contribution in [0, 0.1) is 0 Å². The molecular weight excluding hydrogens is 256 g/mol. The van der Waals surface area contributed by atoms with Crippen LogP contribution in [-0.4, -0.2) is 41.3 Å². The lowest BCUT2D eigenvalue weighted by atomic mass is 10.1. The molecule has 0 bridgehead atoms. The SMILES string of the molecule is CN(C)C(C)(C)CNc1nnc(-c2ccccc2)s1. The minimum Gasteiger partial charge on any atom is -0.358 e. The maximum absolute atomic E-state index is 4.22. The predicted octanol–water partition coefficient (Wildman–Crippen LogP) is 2.96. The van der Waals surface area contributed by atoms with Crippen LogP contribution in [0.1, 0.15) is 13.8 Å². The van der Waals surface area contributed by atoms with Gasteiger partial charge in [0.25, 0.3) is 0 Å². The van der Waals surface area contributed by atoms with Crippen molar-refractivity contribution in [3.63, 3.8) is 0 Å². The highest BCUT2D eigenvalue weighted by Crippen LogP contribution is 2.26. The summed E-state index contributed by atoms with van der Waals surface area (Å²) in [6.07, 6.45) is 0. The van der Waals surface area contributed by atoms with E-state index in [2.05, 4.69) is 48.4 Å². The van der Waals surface area contributed by atoms with E-state index in [0.29, 0.717) is 0 Å². The van der Waals surface area contributed by atoms with Crippen molar-refractivity contribution < 1.29 is 0 Å². The Hall–Kier alpha value is -1.46. The topological polar surface area (TPSA) is 41.0 Å². The molecule has 0 saturated carbocycles. The fourth-order valence-corrected chi connectivity index (χ4v) is 2.19. The van der Waals surface area contributed by atoms with Crippen LogP contribution in [-0.2, 0) is 0 Å². The molecule has 0 fully saturated rings. The van der Waals surface area contributed by atoms with Gasteiger partial charge in [-0.2, -0.15) is 0 Å². The Morgan fingerprint density at radius 3 is 2.47 bits per heavy atom. The van der Waals surface area contributed by atoms with E-state index in [1.54, 1.807) is 11.3 Å². The van der Waals surface area contributed by atoms with Crippen LogP contribution in [0.25, 0.3) is 10.6 Å². The molecule has 5 heteroatoms. The molecule has 1 aromatic carbocycles. The van der Waals surface area contributed by atoms with Gasteiger partial charge in [0, 0.05) is 17.6 Å². The summed E-state index contributed by atoms with van der Waals surface area (Å²) in [5.74, 6) is 0. The Labute approximate surface area is 118 Å². The Morgan fingerprint density at radius 1 is 1.16 bits per heavy atom. The predicted molar refractivity (Wildman–Crippen MR) is 81.6 cm³/mol. The van der Waals surface area contributed by atoms with Crippen LogP contribution in [0.4, 0.5) is 5.13 Å². The minimum atomic E-state index is 0.0819. The fraction of sp³-hybridized carbons (Fsp3) is 0.429. The summed E-state index contributed by atoms with van der Waals surface area (Å²) in [5, 5.41) is 13.6. The van der Waals surface area contributed by atoms with E-state index < -0.39 is 0 Å². The minimum absolute atomic E-state index is 0.0819. The third kappa shape index (κ3) is 3.52. The second-order valence-corrected chi connectivity index (χ2v) is 6.32. The zero-order valence-electron chi connectivity index (χ0n) is 11.8. The molecular formula is C14H20N4S. The first-order valence-corrected chi connectivity index (χ1v) is 7.11. The van der Waals surface area contributed by atoms with Gasteiger partial charge in [-0.25, -0.2) is 0 Å². The molecule has 4 nitrogen and oxygen atoms in total. The molecule has 2 rings (SSSR count). The number of nitrogens with one attached hydrogen (secondary N) is 1. The highest BCUT2D eigenvalue weighted by Gasteiger charge is 2.20. The monoisotopic (exact) mass is 276 g/mol. The van der Waals surface area contributed by atoms with E-state index in [1.807, 2.05) is 30.3 Å². The molecule has 0 aliphatic heterocycles. The summed E-state index contributed by atoms with van der Waals surface area (Å²) < 4.78 is 0. The zero-order valence-corrected chi connectivity index (χ0v) is 12.7. The molecule has 2 aromatic rings. The zero-order chi connectivity index (χ0) is 13.9. The quantitative estimate of drug-likeness (QED) is 0.911. The Kier molecular flexibility index (Phi) is 4.17. The van der Waals surface area contributed by atoms with Crippen molar-refractivity contribution in [2.45, 2.75) is 19.4 Å². The van der Waals surface area contributed by atoms with Crippen molar-refractivity contribution in [2.24, 2.45) is 0 Å². The number of hydrogen-bond donors (Lipinski definition) is 1. The van der Waals surface area contributed by atoms with Gasteiger partial charge in [-0.3, -0.25) is 0 Å². The molecule has 1 aromatic heterocycles. The van der Waals surface area contributed by atoms with Crippen LogP contribution < -0.4 is 5.32 Å². The van der Waals surface area contributed by atoms with Crippen molar-refractivity contribution in [3.05, 3.63) is 30.3 Å². The Bertz CT molecular complexity index is 519. The number of anilines is 1. The lowest BCUT2D eigenvalue weighted by Crippen LogP contribution is -2.44. The maximum Gasteiger partial charge on any atom is 0.206 e. The molecule has 0 amide bonds. The van der Waals surface area contributed by atoms with Gasteiger partial charge in [0.05, 0.1) is 0 Å². The number of hydrogen-bond acceptors (Lipinski definition) is 5. The van der Waals surface area contributed by atoms with Gasteiger partial charge in [-0.05, 0) is 27.9 Å². The molecule has 0 atom stereocenters. The van der Waals surface area contributed by atoms with Gasteiger partial charge in [-0.15, -0.1) is 10.2 Å². The van der Waals surface area contributed by atoms with E-state index in [-0.39, 0.29) is 5.54 Å². The second-order valence-electron chi connectivity index (χ2n) is 5.34. The maximum atomic E-state index is 4.22.